The quantitative estimate of drug-likeness (QED) is 0.852. The average Bonchev–Trinajstić information content (AvgIpc) is 3.12. The smallest absolute Gasteiger partial charge is 0.224 e. The van der Waals surface area contributed by atoms with Gasteiger partial charge >= 0.3 is 0 Å². The number of amides is 1. The van der Waals surface area contributed by atoms with Gasteiger partial charge < -0.3 is 15.2 Å². The lowest BCUT2D eigenvalue weighted by Gasteiger charge is -2.24. The zero-order valence-corrected chi connectivity index (χ0v) is 15.3. The molecule has 140 valence electrons. The molecule has 2 heterocycles. The minimum atomic E-state index is -0.745. The number of nitrogens with zero attached hydrogens (tertiary/aromatic N) is 2. The third-order valence-corrected chi connectivity index (χ3v) is 5.41. The summed E-state index contributed by atoms with van der Waals surface area (Å²) in [6.07, 6.45) is 2.92. The van der Waals surface area contributed by atoms with Gasteiger partial charge in [0.1, 0.15) is 11.9 Å². The Hall–Kier alpha value is -1.99. The maximum atomic E-state index is 14.3. The van der Waals surface area contributed by atoms with Gasteiger partial charge in [-0.15, -0.1) is 12.4 Å². The summed E-state index contributed by atoms with van der Waals surface area (Å²) in [6, 6.07) is 5.61. The van der Waals surface area contributed by atoms with Crippen LogP contribution in [0, 0.1) is 24.1 Å². The van der Waals surface area contributed by atoms with E-state index in [2.05, 4.69) is 20.8 Å². The number of rotatable bonds is 4. The molecule has 1 saturated carbocycles. The highest BCUT2D eigenvalue weighted by atomic mass is 35.5. The highest BCUT2D eigenvalue weighted by molar-refractivity contribution is 5.85. The molecular weight excluding hydrogens is 359 g/mol. The first-order chi connectivity index (χ1) is 12.1. The van der Waals surface area contributed by atoms with Crippen LogP contribution < -0.4 is 10.6 Å². The SMILES string of the molecule is Cc1nc(C(NC(=O)C2CC23CCNCC3)c2ccccc2F)no1.Cl. The first kappa shape index (κ1) is 18.8. The second-order valence-electron chi connectivity index (χ2n) is 7.00. The number of hydrogen-bond acceptors (Lipinski definition) is 5. The normalized spacial score (nSPS) is 21.7. The van der Waals surface area contributed by atoms with Crippen molar-refractivity contribution >= 4 is 18.3 Å². The van der Waals surface area contributed by atoms with Crippen molar-refractivity contribution < 1.29 is 13.7 Å². The third kappa shape index (κ3) is 3.46. The van der Waals surface area contributed by atoms with Crippen LogP contribution >= 0.6 is 12.4 Å². The Balaban J connectivity index is 0.00000196. The molecule has 0 radical (unpaired) electrons. The monoisotopic (exact) mass is 380 g/mol. The molecule has 2 fully saturated rings. The molecule has 8 heteroatoms. The minimum absolute atomic E-state index is 0. The van der Waals surface area contributed by atoms with Gasteiger partial charge in [0.2, 0.25) is 11.8 Å². The largest absolute Gasteiger partial charge is 0.342 e. The van der Waals surface area contributed by atoms with Crippen LogP contribution in [0.1, 0.15) is 42.6 Å². The van der Waals surface area contributed by atoms with E-state index in [1.807, 2.05) is 0 Å². The molecule has 1 aromatic carbocycles. The van der Waals surface area contributed by atoms with E-state index in [0.29, 0.717) is 11.5 Å². The highest BCUT2D eigenvalue weighted by Gasteiger charge is 2.57. The Kier molecular flexibility index (Phi) is 5.29. The molecule has 4 rings (SSSR count). The number of piperidine rings is 1. The maximum absolute atomic E-state index is 14.3. The standard InChI is InChI=1S/C18H21FN4O2.ClH/c1-11-21-16(23-25-11)15(12-4-2-3-5-14(12)19)22-17(24)13-10-18(13)6-8-20-9-7-18;/h2-5,13,15,20H,6-10H2,1H3,(H,22,24);1H. The van der Waals surface area contributed by atoms with Crippen molar-refractivity contribution in [2.45, 2.75) is 32.2 Å². The van der Waals surface area contributed by atoms with Gasteiger partial charge in [0, 0.05) is 18.4 Å². The molecule has 6 nitrogen and oxygen atoms in total. The Bertz CT molecular complexity index is 791. The third-order valence-electron chi connectivity index (χ3n) is 5.41. The summed E-state index contributed by atoms with van der Waals surface area (Å²) in [5, 5.41) is 10.2. The number of benzene rings is 1. The van der Waals surface area contributed by atoms with Gasteiger partial charge in [-0.25, -0.2) is 4.39 Å². The highest BCUT2D eigenvalue weighted by Crippen LogP contribution is 2.58. The molecule has 2 unspecified atom stereocenters. The Morgan fingerprint density at radius 2 is 2.12 bits per heavy atom. The molecule has 1 spiro atoms. The number of carbonyl (C=O) groups excluding carboxylic acids is 1. The van der Waals surface area contributed by atoms with Crippen LogP contribution in [0.3, 0.4) is 0 Å². The Labute approximate surface area is 157 Å². The zero-order chi connectivity index (χ0) is 17.4. The lowest BCUT2D eigenvalue weighted by atomic mass is 9.91. The molecule has 1 aliphatic carbocycles. The Morgan fingerprint density at radius 3 is 2.77 bits per heavy atom. The molecular formula is C18H22ClFN4O2. The van der Waals surface area contributed by atoms with Gasteiger partial charge in [-0.2, -0.15) is 4.98 Å². The lowest BCUT2D eigenvalue weighted by molar-refractivity contribution is -0.123. The van der Waals surface area contributed by atoms with Crippen LogP contribution in [0.4, 0.5) is 4.39 Å². The van der Waals surface area contributed by atoms with Crippen LogP contribution in [0.5, 0.6) is 0 Å². The van der Waals surface area contributed by atoms with Crippen molar-refractivity contribution in [1.82, 2.24) is 20.8 Å². The summed E-state index contributed by atoms with van der Waals surface area (Å²) in [4.78, 5) is 17.0. The van der Waals surface area contributed by atoms with E-state index in [4.69, 9.17) is 4.52 Å². The van der Waals surface area contributed by atoms with Gasteiger partial charge in [0.25, 0.3) is 0 Å². The fraction of sp³-hybridized carbons (Fsp3) is 0.500. The summed E-state index contributed by atoms with van der Waals surface area (Å²) in [7, 11) is 0. The van der Waals surface area contributed by atoms with Crippen molar-refractivity contribution in [3.05, 3.63) is 47.4 Å². The molecule has 2 N–H and O–H groups in total. The van der Waals surface area contributed by atoms with Gasteiger partial charge in [0.15, 0.2) is 5.82 Å². The van der Waals surface area contributed by atoms with E-state index in [1.165, 1.54) is 6.07 Å². The predicted molar refractivity (Wildman–Crippen MR) is 95.3 cm³/mol. The number of hydrogen-bond donors (Lipinski definition) is 2. The molecule has 1 amide bonds. The number of halogens is 2. The molecule has 2 aliphatic rings. The summed E-state index contributed by atoms with van der Waals surface area (Å²) < 4.78 is 19.3. The lowest BCUT2D eigenvalue weighted by Crippen LogP contribution is -2.36. The number of aromatic nitrogens is 2. The van der Waals surface area contributed by atoms with Crippen LogP contribution in [0.2, 0.25) is 0 Å². The average molecular weight is 381 g/mol. The number of carbonyl (C=O) groups is 1. The summed E-state index contributed by atoms with van der Waals surface area (Å²) in [5.74, 6) is 0.180. The van der Waals surface area contributed by atoms with Crippen LogP contribution in [0.25, 0.3) is 0 Å². The van der Waals surface area contributed by atoms with Gasteiger partial charge in [-0.05, 0) is 43.8 Å². The summed E-state index contributed by atoms with van der Waals surface area (Å²) in [5.41, 5.74) is 0.458. The van der Waals surface area contributed by atoms with E-state index >= 15 is 0 Å². The van der Waals surface area contributed by atoms with E-state index in [1.54, 1.807) is 25.1 Å². The van der Waals surface area contributed by atoms with E-state index in [0.717, 1.165) is 32.4 Å². The van der Waals surface area contributed by atoms with Crippen molar-refractivity contribution in [3.8, 4) is 0 Å². The van der Waals surface area contributed by atoms with Crippen molar-refractivity contribution in [1.29, 1.82) is 0 Å². The van der Waals surface area contributed by atoms with E-state index in [9.17, 15) is 9.18 Å². The van der Waals surface area contributed by atoms with Crippen LogP contribution in [0.15, 0.2) is 28.8 Å². The Morgan fingerprint density at radius 1 is 1.38 bits per heavy atom. The van der Waals surface area contributed by atoms with Crippen LogP contribution in [-0.2, 0) is 4.79 Å². The molecule has 2 atom stereocenters. The molecule has 2 aromatic rings. The second-order valence-corrected chi connectivity index (χ2v) is 7.00. The van der Waals surface area contributed by atoms with Crippen molar-refractivity contribution in [2.75, 3.05) is 13.1 Å². The summed E-state index contributed by atoms with van der Waals surface area (Å²) >= 11 is 0. The first-order valence-electron chi connectivity index (χ1n) is 8.65. The van der Waals surface area contributed by atoms with Crippen LogP contribution in [-0.4, -0.2) is 29.1 Å². The number of aryl methyl sites for hydroxylation is 1. The van der Waals surface area contributed by atoms with E-state index < -0.39 is 11.9 Å². The zero-order valence-electron chi connectivity index (χ0n) is 14.5. The molecule has 0 bridgehead atoms. The first-order valence-corrected chi connectivity index (χ1v) is 8.65. The second kappa shape index (κ2) is 7.32. The molecule has 1 aliphatic heterocycles. The molecule has 1 saturated heterocycles. The van der Waals surface area contributed by atoms with E-state index in [-0.39, 0.29) is 35.5 Å². The number of nitrogens with one attached hydrogen (secondary N) is 2. The maximum Gasteiger partial charge on any atom is 0.224 e. The summed E-state index contributed by atoms with van der Waals surface area (Å²) in [6.45, 7) is 3.57. The fourth-order valence-corrected chi connectivity index (χ4v) is 3.86. The molecule has 1 aromatic heterocycles. The van der Waals surface area contributed by atoms with Crippen molar-refractivity contribution in [3.63, 3.8) is 0 Å². The topological polar surface area (TPSA) is 80.0 Å². The fourth-order valence-electron chi connectivity index (χ4n) is 3.86. The minimum Gasteiger partial charge on any atom is -0.342 e. The van der Waals surface area contributed by atoms with Crippen molar-refractivity contribution in [2.24, 2.45) is 11.3 Å². The van der Waals surface area contributed by atoms with Gasteiger partial charge in [0.05, 0.1) is 0 Å². The van der Waals surface area contributed by atoms with Gasteiger partial charge in [-0.3, -0.25) is 4.79 Å². The van der Waals surface area contributed by atoms with Gasteiger partial charge in [-0.1, -0.05) is 23.4 Å². The predicted octanol–water partition coefficient (Wildman–Crippen LogP) is 2.53. The molecule has 26 heavy (non-hydrogen) atoms.